The van der Waals surface area contributed by atoms with Gasteiger partial charge in [-0.05, 0) is 33.6 Å². The third kappa shape index (κ3) is 2.05. The summed E-state index contributed by atoms with van der Waals surface area (Å²) < 4.78 is 5.72. The van der Waals surface area contributed by atoms with Crippen LogP contribution in [0, 0.1) is 0 Å². The van der Waals surface area contributed by atoms with E-state index in [0.717, 1.165) is 0 Å². The average Bonchev–Trinajstić information content (AvgIpc) is 2.27. The lowest BCUT2D eigenvalue weighted by Crippen LogP contribution is -2.33. The molecule has 2 rings (SSSR count). The van der Waals surface area contributed by atoms with E-state index in [1.165, 1.54) is 6.92 Å². The molecule has 0 saturated carbocycles. The zero-order valence-electron chi connectivity index (χ0n) is 11.1. The fraction of sp³-hybridized carbons (Fsp3) is 0.429. The second kappa shape index (κ2) is 4.26. The Kier molecular flexibility index (Phi) is 3.00. The SMILES string of the molecule is CC(=O)c1c(O)c(C=O)c(O)c2c1OC(C)(C)CC2. The maximum absolute atomic E-state index is 11.7. The zero-order valence-corrected chi connectivity index (χ0v) is 11.1. The topological polar surface area (TPSA) is 83.8 Å². The monoisotopic (exact) mass is 264 g/mol. The number of ketones is 1. The van der Waals surface area contributed by atoms with Crippen LogP contribution >= 0.6 is 0 Å². The highest BCUT2D eigenvalue weighted by Gasteiger charge is 2.34. The van der Waals surface area contributed by atoms with Gasteiger partial charge in [0, 0.05) is 5.56 Å². The van der Waals surface area contributed by atoms with E-state index >= 15 is 0 Å². The Hall–Kier alpha value is -2.04. The molecular weight excluding hydrogens is 248 g/mol. The quantitative estimate of drug-likeness (QED) is 0.632. The molecule has 1 aliphatic rings. The number of phenolic OH excluding ortho intramolecular Hbond substituents is 2. The van der Waals surface area contributed by atoms with Crippen molar-refractivity contribution < 1.29 is 24.5 Å². The molecule has 0 fully saturated rings. The van der Waals surface area contributed by atoms with E-state index in [-0.39, 0.29) is 22.6 Å². The Morgan fingerprint density at radius 3 is 2.47 bits per heavy atom. The zero-order chi connectivity index (χ0) is 14.4. The van der Waals surface area contributed by atoms with Crippen molar-refractivity contribution in [2.45, 2.75) is 39.2 Å². The molecule has 0 radical (unpaired) electrons. The molecule has 0 saturated heterocycles. The van der Waals surface area contributed by atoms with Gasteiger partial charge in [-0.3, -0.25) is 9.59 Å². The lowest BCUT2D eigenvalue weighted by atomic mass is 9.89. The first-order valence-corrected chi connectivity index (χ1v) is 6.04. The van der Waals surface area contributed by atoms with Crippen LogP contribution in [-0.2, 0) is 6.42 Å². The Labute approximate surface area is 110 Å². The van der Waals surface area contributed by atoms with Gasteiger partial charge >= 0.3 is 0 Å². The van der Waals surface area contributed by atoms with Crippen molar-refractivity contribution in [3.8, 4) is 17.2 Å². The summed E-state index contributed by atoms with van der Waals surface area (Å²) in [6.07, 6.45) is 1.47. The number of Topliss-reactive ketones (excluding diaryl/α,β-unsaturated/α-hetero) is 1. The van der Waals surface area contributed by atoms with Gasteiger partial charge < -0.3 is 14.9 Å². The molecule has 19 heavy (non-hydrogen) atoms. The second-order valence-corrected chi connectivity index (χ2v) is 5.33. The number of phenols is 2. The third-order valence-electron chi connectivity index (χ3n) is 3.36. The van der Waals surface area contributed by atoms with Crippen molar-refractivity contribution in [1.82, 2.24) is 0 Å². The van der Waals surface area contributed by atoms with Crippen molar-refractivity contribution in [2.24, 2.45) is 0 Å². The number of aromatic hydroxyl groups is 2. The predicted molar refractivity (Wildman–Crippen MR) is 68.2 cm³/mol. The molecular formula is C14H16O5. The highest BCUT2D eigenvalue weighted by Crippen LogP contribution is 2.46. The summed E-state index contributed by atoms with van der Waals surface area (Å²) >= 11 is 0. The maximum Gasteiger partial charge on any atom is 0.167 e. The van der Waals surface area contributed by atoms with E-state index in [2.05, 4.69) is 0 Å². The third-order valence-corrected chi connectivity index (χ3v) is 3.36. The highest BCUT2D eigenvalue weighted by atomic mass is 16.5. The van der Waals surface area contributed by atoms with Gasteiger partial charge in [0.15, 0.2) is 12.1 Å². The minimum Gasteiger partial charge on any atom is -0.507 e. The van der Waals surface area contributed by atoms with Crippen molar-refractivity contribution >= 4 is 12.1 Å². The van der Waals surface area contributed by atoms with Gasteiger partial charge in [-0.15, -0.1) is 0 Å². The van der Waals surface area contributed by atoms with Crippen molar-refractivity contribution in [1.29, 1.82) is 0 Å². The van der Waals surface area contributed by atoms with Gasteiger partial charge in [-0.2, -0.15) is 0 Å². The molecule has 0 bridgehead atoms. The summed E-state index contributed by atoms with van der Waals surface area (Å²) in [4.78, 5) is 22.7. The molecule has 0 unspecified atom stereocenters. The molecule has 5 heteroatoms. The lowest BCUT2D eigenvalue weighted by molar-refractivity contribution is 0.0794. The predicted octanol–water partition coefficient (Wildman–Crippen LogP) is 2.22. The molecule has 0 spiro atoms. The first kappa shape index (κ1) is 13.4. The van der Waals surface area contributed by atoms with E-state index in [4.69, 9.17) is 4.74 Å². The normalized spacial score (nSPS) is 16.4. The van der Waals surface area contributed by atoms with Gasteiger partial charge in [0.1, 0.15) is 28.4 Å². The number of hydrogen-bond acceptors (Lipinski definition) is 5. The van der Waals surface area contributed by atoms with Crippen LogP contribution in [0.15, 0.2) is 0 Å². The molecule has 0 aromatic heterocycles. The minimum atomic E-state index is -0.517. The van der Waals surface area contributed by atoms with Crippen LogP contribution in [0.5, 0.6) is 17.2 Å². The second-order valence-electron chi connectivity index (χ2n) is 5.33. The number of aldehydes is 1. The number of benzene rings is 1. The van der Waals surface area contributed by atoms with Crippen LogP contribution in [0.25, 0.3) is 0 Å². The molecule has 0 amide bonds. The molecule has 102 valence electrons. The number of fused-ring (bicyclic) bond motifs is 1. The maximum atomic E-state index is 11.7. The van der Waals surface area contributed by atoms with E-state index in [1.54, 1.807) is 0 Å². The smallest absolute Gasteiger partial charge is 0.167 e. The lowest BCUT2D eigenvalue weighted by Gasteiger charge is -2.34. The van der Waals surface area contributed by atoms with Crippen LogP contribution in [0.3, 0.4) is 0 Å². The molecule has 5 nitrogen and oxygen atoms in total. The minimum absolute atomic E-state index is 0.0392. The van der Waals surface area contributed by atoms with E-state index in [1.807, 2.05) is 13.8 Å². The van der Waals surface area contributed by atoms with Crippen molar-refractivity contribution in [3.63, 3.8) is 0 Å². The largest absolute Gasteiger partial charge is 0.507 e. The molecule has 0 aliphatic carbocycles. The van der Waals surface area contributed by atoms with Gasteiger partial charge in [0.25, 0.3) is 0 Å². The van der Waals surface area contributed by atoms with Crippen LogP contribution in [-0.4, -0.2) is 27.9 Å². The number of carbonyl (C=O) groups excluding carboxylic acids is 2. The fourth-order valence-electron chi connectivity index (χ4n) is 2.31. The van der Waals surface area contributed by atoms with E-state index < -0.39 is 17.1 Å². The van der Waals surface area contributed by atoms with Gasteiger partial charge in [0.05, 0.1) is 5.56 Å². The average molecular weight is 264 g/mol. The van der Waals surface area contributed by atoms with Crippen molar-refractivity contribution in [3.05, 3.63) is 16.7 Å². The molecule has 1 aromatic rings. The summed E-state index contributed by atoms with van der Waals surface area (Å²) in [5.74, 6) is -1.04. The number of ether oxygens (including phenoxy) is 1. The summed E-state index contributed by atoms with van der Waals surface area (Å²) in [6, 6.07) is 0. The molecule has 2 N–H and O–H groups in total. The van der Waals surface area contributed by atoms with Crippen LogP contribution in [0.2, 0.25) is 0 Å². The Bertz CT molecular complexity index is 572. The highest BCUT2D eigenvalue weighted by molar-refractivity contribution is 6.04. The summed E-state index contributed by atoms with van der Waals surface area (Å²) in [5.41, 5.74) is -0.377. The summed E-state index contributed by atoms with van der Waals surface area (Å²) in [5, 5.41) is 20.0. The standard InChI is InChI=1S/C14H16O5/c1-7(16)10-12(18)9(6-15)11(17)8-4-5-14(2,3)19-13(8)10/h6,17-18H,4-5H2,1-3H3. The number of rotatable bonds is 2. The van der Waals surface area contributed by atoms with Crippen LogP contribution < -0.4 is 4.74 Å². The summed E-state index contributed by atoms with van der Waals surface area (Å²) in [7, 11) is 0. The summed E-state index contributed by atoms with van der Waals surface area (Å²) in [6.45, 7) is 5.01. The molecule has 1 aromatic carbocycles. The van der Waals surface area contributed by atoms with Gasteiger partial charge in [0.2, 0.25) is 0 Å². The molecule has 1 aliphatic heterocycles. The fourth-order valence-corrected chi connectivity index (χ4v) is 2.31. The Morgan fingerprint density at radius 2 is 1.95 bits per heavy atom. The first-order valence-electron chi connectivity index (χ1n) is 6.04. The first-order chi connectivity index (χ1) is 8.78. The van der Waals surface area contributed by atoms with Crippen LogP contribution in [0.1, 0.15) is 53.5 Å². The van der Waals surface area contributed by atoms with Crippen molar-refractivity contribution in [2.75, 3.05) is 0 Å². The molecule has 1 heterocycles. The van der Waals surface area contributed by atoms with E-state index in [9.17, 15) is 19.8 Å². The number of carbonyl (C=O) groups is 2. The Morgan fingerprint density at radius 1 is 1.32 bits per heavy atom. The Balaban J connectivity index is 2.80. The van der Waals surface area contributed by atoms with Gasteiger partial charge in [-0.25, -0.2) is 0 Å². The van der Waals surface area contributed by atoms with E-state index in [0.29, 0.717) is 24.7 Å². The number of hydrogen-bond donors (Lipinski definition) is 2. The van der Waals surface area contributed by atoms with Gasteiger partial charge in [-0.1, -0.05) is 0 Å². The molecule has 0 atom stereocenters. The van der Waals surface area contributed by atoms with Crippen LogP contribution in [0.4, 0.5) is 0 Å².